The normalized spacial score (nSPS) is 41.7. The summed E-state index contributed by atoms with van der Waals surface area (Å²) in [5, 5.41) is 8.90. The van der Waals surface area contributed by atoms with E-state index in [0.717, 1.165) is 24.2 Å². The Morgan fingerprint density at radius 1 is 1.33 bits per heavy atom. The van der Waals surface area contributed by atoms with Gasteiger partial charge >= 0.3 is 0 Å². The van der Waals surface area contributed by atoms with Gasteiger partial charge in [-0.3, -0.25) is 0 Å². The van der Waals surface area contributed by atoms with Crippen LogP contribution in [0.5, 0.6) is 0 Å². The molecule has 1 heteroatoms. The van der Waals surface area contributed by atoms with Crippen LogP contribution in [0.2, 0.25) is 0 Å². The van der Waals surface area contributed by atoms with E-state index < -0.39 is 0 Å². The van der Waals surface area contributed by atoms with E-state index in [0.29, 0.717) is 11.8 Å². The predicted octanol–water partition coefficient (Wildman–Crippen LogP) is 3.07. The van der Waals surface area contributed by atoms with Crippen LogP contribution in [0.4, 0.5) is 0 Å². The third-order valence-electron chi connectivity index (χ3n) is 3.46. The molecule has 0 aromatic rings. The number of hydrogen-bond acceptors (Lipinski definition) is 1. The molecule has 0 radical (unpaired) electrons. The molecule has 1 aliphatic rings. The van der Waals surface area contributed by atoms with Crippen molar-refractivity contribution in [2.75, 3.05) is 0 Å². The molecule has 1 nitrogen and oxygen atoms in total. The van der Waals surface area contributed by atoms with Gasteiger partial charge in [-0.15, -0.1) is 0 Å². The summed E-state index contributed by atoms with van der Waals surface area (Å²) >= 11 is 0. The monoisotopic (exact) mass is 165 g/mol. The molecule has 0 heterocycles. The molecule has 0 bridgehead atoms. The minimum absolute atomic E-state index is 0.312. The second-order valence-electron chi connectivity index (χ2n) is 4.63. The zero-order valence-corrected chi connectivity index (χ0v) is 8.54. The smallest absolute Gasteiger partial charge is 0.0658 e. The van der Waals surface area contributed by atoms with Crippen molar-refractivity contribution in [2.24, 2.45) is 29.6 Å². The number of nitrogens with zero attached hydrogens (tertiary/aromatic N) is 1. The van der Waals surface area contributed by atoms with Crippen molar-refractivity contribution < 1.29 is 0 Å². The molecule has 0 aliphatic heterocycles. The molecule has 1 aliphatic carbocycles. The fourth-order valence-electron chi connectivity index (χ4n) is 2.99. The van der Waals surface area contributed by atoms with Crippen LogP contribution in [-0.2, 0) is 0 Å². The van der Waals surface area contributed by atoms with Gasteiger partial charge < -0.3 is 0 Å². The van der Waals surface area contributed by atoms with Crippen molar-refractivity contribution in [3.63, 3.8) is 0 Å². The van der Waals surface area contributed by atoms with Crippen molar-refractivity contribution in [1.82, 2.24) is 0 Å². The van der Waals surface area contributed by atoms with E-state index in [-0.39, 0.29) is 0 Å². The van der Waals surface area contributed by atoms with E-state index in [1.165, 1.54) is 0 Å². The first kappa shape index (κ1) is 9.58. The molecule has 1 saturated carbocycles. The Kier molecular flexibility index (Phi) is 2.77. The summed E-state index contributed by atoms with van der Waals surface area (Å²) in [6, 6.07) is 2.43. The second kappa shape index (κ2) is 3.47. The lowest BCUT2D eigenvalue weighted by atomic mass is 9.81. The van der Waals surface area contributed by atoms with Crippen LogP contribution in [0, 0.1) is 40.9 Å². The first-order chi connectivity index (χ1) is 5.57. The Bertz CT molecular complexity index is 190. The lowest BCUT2D eigenvalue weighted by molar-refractivity contribution is 0.248. The zero-order valence-electron chi connectivity index (χ0n) is 8.54. The Balaban J connectivity index is 2.72. The summed E-state index contributed by atoms with van der Waals surface area (Å²) in [5.74, 6) is 3.14. The fourth-order valence-corrected chi connectivity index (χ4v) is 2.99. The molecule has 0 aromatic heterocycles. The van der Waals surface area contributed by atoms with Gasteiger partial charge in [0.1, 0.15) is 0 Å². The molecule has 0 spiro atoms. The molecule has 1 fully saturated rings. The summed E-state index contributed by atoms with van der Waals surface area (Å²) in [4.78, 5) is 0. The summed E-state index contributed by atoms with van der Waals surface area (Å²) in [5.41, 5.74) is 0. The highest BCUT2D eigenvalue weighted by molar-refractivity contribution is 4.98. The van der Waals surface area contributed by atoms with Gasteiger partial charge in [0.15, 0.2) is 0 Å². The minimum atomic E-state index is 0.312. The van der Waals surface area contributed by atoms with E-state index >= 15 is 0 Å². The van der Waals surface area contributed by atoms with Gasteiger partial charge in [0, 0.05) is 5.92 Å². The van der Waals surface area contributed by atoms with E-state index in [1.54, 1.807) is 0 Å². The maximum Gasteiger partial charge on any atom is 0.0658 e. The standard InChI is InChI=1S/C11H19N/c1-7(2)11-8(3)5-10(6-12)9(11)4/h7-11H,5H2,1-4H3/t8-,9?,10?,11+/m1/s1. The largest absolute Gasteiger partial charge is 0.198 e. The van der Waals surface area contributed by atoms with Crippen molar-refractivity contribution in [3.05, 3.63) is 0 Å². The molecule has 2 unspecified atom stereocenters. The summed E-state index contributed by atoms with van der Waals surface area (Å²) < 4.78 is 0. The highest BCUT2D eigenvalue weighted by Crippen LogP contribution is 2.44. The van der Waals surface area contributed by atoms with Gasteiger partial charge in [-0.1, -0.05) is 27.7 Å². The molecular weight excluding hydrogens is 146 g/mol. The van der Waals surface area contributed by atoms with Gasteiger partial charge in [-0.05, 0) is 30.1 Å². The van der Waals surface area contributed by atoms with E-state index in [9.17, 15) is 0 Å². The molecular formula is C11H19N. The highest BCUT2D eigenvalue weighted by Gasteiger charge is 2.39. The van der Waals surface area contributed by atoms with Crippen molar-refractivity contribution in [2.45, 2.75) is 34.1 Å². The van der Waals surface area contributed by atoms with Crippen LogP contribution in [0.25, 0.3) is 0 Å². The van der Waals surface area contributed by atoms with Crippen LogP contribution < -0.4 is 0 Å². The lowest BCUT2D eigenvalue weighted by Gasteiger charge is -2.24. The average Bonchev–Trinajstić information content (AvgIpc) is 2.25. The van der Waals surface area contributed by atoms with E-state index in [2.05, 4.69) is 33.8 Å². The number of rotatable bonds is 1. The number of hydrogen-bond donors (Lipinski definition) is 0. The average molecular weight is 165 g/mol. The van der Waals surface area contributed by atoms with E-state index in [1.807, 2.05) is 0 Å². The SMILES string of the molecule is CC(C)[C@@H]1C(C)C(C#N)C[C@H]1C. The molecule has 0 aromatic carbocycles. The van der Waals surface area contributed by atoms with Crippen LogP contribution in [0.15, 0.2) is 0 Å². The Labute approximate surface area is 75.8 Å². The van der Waals surface area contributed by atoms with Gasteiger partial charge in [-0.2, -0.15) is 5.26 Å². The Morgan fingerprint density at radius 2 is 1.92 bits per heavy atom. The quantitative estimate of drug-likeness (QED) is 0.585. The van der Waals surface area contributed by atoms with Crippen LogP contribution in [0.3, 0.4) is 0 Å². The van der Waals surface area contributed by atoms with Crippen LogP contribution in [-0.4, -0.2) is 0 Å². The lowest BCUT2D eigenvalue weighted by Crippen LogP contribution is -2.18. The van der Waals surface area contributed by atoms with Gasteiger partial charge in [0.25, 0.3) is 0 Å². The molecule has 0 amide bonds. The fraction of sp³-hybridized carbons (Fsp3) is 0.909. The summed E-state index contributed by atoms with van der Waals surface area (Å²) in [6.07, 6.45) is 1.11. The van der Waals surface area contributed by atoms with Crippen LogP contribution in [0.1, 0.15) is 34.1 Å². The molecule has 0 N–H and O–H groups in total. The molecule has 0 saturated heterocycles. The van der Waals surface area contributed by atoms with Crippen molar-refractivity contribution in [1.29, 1.82) is 5.26 Å². The zero-order chi connectivity index (χ0) is 9.30. The van der Waals surface area contributed by atoms with Crippen molar-refractivity contribution in [3.8, 4) is 6.07 Å². The predicted molar refractivity (Wildman–Crippen MR) is 50.4 cm³/mol. The van der Waals surface area contributed by atoms with Crippen molar-refractivity contribution >= 4 is 0 Å². The first-order valence-electron chi connectivity index (χ1n) is 4.97. The topological polar surface area (TPSA) is 23.8 Å². The number of nitriles is 1. The van der Waals surface area contributed by atoms with Gasteiger partial charge in [0.05, 0.1) is 6.07 Å². The Morgan fingerprint density at radius 3 is 2.17 bits per heavy atom. The second-order valence-corrected chi connectivity index (χ2v) is 4.63. The summed E-state index contributed by atoms with van der Waals surface area (Å²) in [7, 11) is 0. The third kappa shape index (κ3) is 1.48. The van der Waals surface area contributed by atoms with E-state index in [4.69, 9.17) is 5.26 Å². The minimum Gasteiger partial charge on any atom is -0.198 e. The maximum atomic E-state index is 8.90. The summed E-state index contributed by atoms with van der Waals surface area (Å²) in [6.45, 7) is 9.08. The van der Waals surface area contributed by atoms with Gasteiger partial charge in [-0.25, -0.2) is 0 Å². The van der Waals surface area contributed by atoms with Crippen LogP contribution >= 0.6 is 0 Å². The molecule has 1 rings (SSSR count). The highest BCUT2D eigenvalue weighted by atomic mass is 14.4. The van der Waals surface area contributed by atoms with Gasteiger partial charge in [0.2, 0.25) is 0 Å². The molecule has 4 atom stereocenters. The first-order valence-corrected chi connectivity index (χ1v) is 4.97. The maximum absolute atomic E-state index is 8.90. The Hall–Kier alpha value is -0.510. The molecule has 12 heavy (non-hydrogen) atoms. The molecule has 68 valence electrons. The third-order valence-corrected chi connectivity index (χ3v) is 3.46.